The number of amides is 1. The molecule has 0 aromatic heterocycles. The number of piperidine rings is 1. The number of nitrogens with zero attached hydrogens (tertiary/aromatic N) is 1. The molecule has 3 nitrogen and oxygen atoms in total. The van der Waals surface area contributed by atoms with Gasteiger partial charge in [-0.1, -0.05) is 11.6 Å². The van der Waals surface area contributed by atoms with Crippen molar-refractivity contribution in [1.29, 1.82) is 0 Å². The summed E-state index contributed by atoms with van der Waals surface area (Å²) in [6, 6.07) is 5.50. The molecule has 1 saturated heterocycles. The molecule has 0 saturated carbocycles. The Balaban J connectivity index is 2.15. The summed E-state index contributed by atoms with van der Waals surface area (Å²) in [4.78, 5) is 14.1. The van der Waals surface area contributed by atoms with E-state index in [1.54, 1.807) is 12.1 Å². The maximum atomic E-state index is 12.2. The van der Waals surface area contributed by atoms with Crippen molar-refractivity contribution in [2.45, 2.75) is 25.8 Å². The summed E-state index contributed by atoms with van der Waals surface area (Å²) >= 11 is 5.95. The minimum Gasteiger partial charge on any atom is -0.337 e. The van der Waals surface area contributed by atoms with E-state index in [-0.39, 0.29) is 11.9 Å². The number of rotatable bonds is 1. The lowest BCUT2D eigenvalue weighted by molar-refractivity contribution is 0.0708. The summed E-state index contributed by atoms with van der Waals surface area (Å²) in [5.41, 5.74) is 7.50. The fraction of sp³-hybridized carbons (Fsp3) is 0.462. The van der Waals surface area contributed by atoms with Crippen LogP contribution >= 0.6 is 11.6 Å². The molecule has 1 heterocycles. The Morgan fingerprint density at radius 2 is 2.29 bits per heavy atom. The van der Waals surface area contributed by atoms with E-state index in [1.165, 1.54) is 0 Å². The average molecular weight is 253 g/mol. The standard InChI is InChI=1S/C13H17ClN2O/c1-9-7-10(4-5-12(9)14)13(17)16-6-2-3-11(15)8-16/h4-5,7,11H,2-3,6,8,15H2,1H3/t11-/m1/s1. The predicted octanol–water partition coefficient (Wildman–Crippen LogP) is 2.21. The molecular weight excluding hydrogens is 236 g/mol. The topological polar surface area (TPSA) is 46.3 Å². The number of carbonyl (C=O) groups excluding carboxylic acids is 1. The molecule has 0 aliphatic carbocycles. The summed E-state index contributed by atoms with van der Waals surface area (Å²) < 4.78 is 0. The van der Waals surface area contributed by atoms with Gasteiger partial charge in [0.15, 0.2) is 0 Å². The van der Waals surface area contributed by atoms with Crippen LogP contribution in [-0.4, -0.2) is 29.9 Å². The Morgan fingerprint density at radius 1 is 1.53 bits per heavy atom. The van der Waals surface area contributed by atoms with Gasteiger partial charge in [-0.2, -0.15) is 0 Å². The molecule has 92 valence electrons. The number of aryl methyl sites for hydroxylation is 1. The maximum Gasteiger partial charge on any atom is 0.253 e. The van der Waals surface area contributed by atoms with Crippen molar-refractivity contribution in [3.63, 3.8) is 0 Å². The smallest absolute Gasteiger partial charge is 0.253 e. The van der Waals surface area contributed by atoms with Crippen LogP contribution < -0.4 is 5.73 Å². The zero-order valence-electron chi connectivity index (χ0n) is 9.95. The molecule has 1 aliphatic rings. The molecule has 4 heteroatoms. The van der Waals surface area contributed by atoms with Crippen molar-refractivity contribution in [2.75, 3.05) is 13.1 Å². The highest BCUT2D eigenvalue weighted by atomic mass is 35.5. The molecule has 2 N–H and O–H groups in total. The zero-order chi connectivity index (χ0) is 12.4. The van der Waals surface area contributed by atoms with Gasteiger partial charge in [-0.3, -0.25) is 4.79 Å². The van der Waals surface area contributed by atoms with Crippen LogP contribution in [0.5, 0.6) is 0 Å². The number of hydrogen-bond donors (Lipinski definition) is 1. The minimum atomic E-state index is 0.0555. The van der Waals surface area contributed by atoms with E-state index in [1.807, 2.05) is 17.9 Å². The van der Waals surface area contributed by atoms with Crippen LogP contribution in [0, 0.1) is 6.92 Å². The van der Waals surface area contributed by atoms with Gasteiger partial charge in [-0.25, -0.2) is 0 Å². The summed E-state index contributed by atoms with van der Waals surface area (Å²) in [6.45, 7) is 3.36. The van der Waals surface area contributed by atoms with Gasteiger partial charge in [0.25, 0.3) is 5.91 Å². The number of carbonyl (C=O) groups is 1. The third kappa shape index (κ3) is 2.79. The van der Waals surface area contributed by atoms with Gasteiger partial charge in [-0.05, 0) is 43.5 Å². The van der Waals surface area contributed by atoms with Gasteiger partial charge >= 0.3 is 0 Å². The van der Waals surface area contributed by atoms with E-state index in [0.717, 1.165) is 24.9 Å². The molecule has 1 atom stereocenters. The monoisotopic (exact) mass is 252 g/mol. The second-order valence-electron chi connectivity index (χ2n) is 4.62. The molecule has 0 spiro atoms. The van der Waals surface area contributed by atoms with Crippen molar-refractivity contribution in [3.05, 3.63) is 34.3 Å². The van der Waals surface area contributed by atoms with Gasteiger partial charge in [0.2, 0.25) is 0 Å². The molecule has 1 aromatic carbocycles. The molecule has 1 aromatic rings. The second kappa shape index (κ2) is 5.07. The molecule has 0 unspecified atom stereocenters. The lowest BCUT2D eigenvalue weighted by Crippen LogP contribution is -2.45. The first kappa shape index (κ1) is 12.4. The Morgan fingerprint density at radius 3 is 2.94 bits per heavy atom. The van der Waals surface area contributed by atoms with Crippen LogP contribution in [0.4, 0.5) is 0 Å². The molecule has 1 fully saturated rings. The van der Waals surface area contributed by atoms with Crippen LogP contribution in [0.3, 0.4) is 0 Å². The third-order valence-corrected chi connectivity index (χ3v) is 3.57. The van der Waals surface area contributed by atoms with Gasteiger partial charge < -0.3 is 10.6 Å². The van der Waals surface area contributed by atoms with Crippen molar-refractivity contribution >= 4 is 17.5 Å². The molecule has 0 radical (unpaired) electrons. The average Bonchev–Trinajstić information content (AvgIpc) is 2.32. The zero-order valence-corrected chi connectivity index (χ0v) is 10.7. The van der Waals surface area contributed by atoms with Crippen LogP contribution in [0.1, 0.15) is 28.8 Å². The quantitative estimate of drug-likeness (QED) is 0.833. The molecule has 1 aliphatic heterocycles. The fourth-order valence-corrected chi connectivity index (χ4v) is 2.27. The Kier molecular flexibility index (Phi) is 3.69. The first-order valence-electron chi connectivity index (χ1n) is 5.89. The summed E-state index contributed by atoms with van der Waals surface area (Å²) in [5.74, 6) is 0.0555. The highest BCUT2D eigenvalue weighted by Gasteiger charge is 2.22. The minimum absolute atomic E-state index is 0.0555. The van der Waals surface area contributed by atoms with E-state index in [2.05, 4.69) is 0 Å². The lowest BCUT2D eigenvalue weighted by atomic mass is 10.0. The third-order valence-electron chi connectivity index (χ3n) is 3.15. The van der Waals surface area contributed by atoms with Crippen LogP contribution in [0.15, 0.2) is 18.2 Å². The van der Waals surface area contributed by atoms with E-state index in [9.17, 15) is 4.79 Å². The second-order valence-corrected chi connectivity index (χ2v) is 5.02. The lowest BCUT2D eigenvalue weighted by Gasteiger charge is -2.30. The highest BCUT2D eigenvalue weighted by molar-refractivity contribution is 6.31. The van der Waals surface area contributed by atoms with E-state index in [0.29, 0.717) is 17.1 Å². The van der Waals surface area contributed by atoms with E-state index in [4.69, 9.17) is 17.3 Å². The largest absolute Gasteiger partial charge is 0.337 e. The van der Waals surface area contributed by atoms with Crippen molar-refractivity contribution in [1.82, 2.24) is 4.90 Å². The Bertz CT molecular complexity index is 433. The summed E-state index contributed by atoms with van der Waals surface area (Å²) in [5, 5.41) is 0.692. The number of halogens is 1. The van der Waals surface area contributed by atoms with Crippen LogP contribution in [0.2, 0.25) is 5.02 Å². The summed E-state index contributed by atoms with van der Waals surface area (Å²) in [6.07, 6.45) is 1.99. The van der Waals surface area contributed by atoms with E-state index >= 15 is 0 Å². The number of nitrogens with two attached hydrogens (primary N) is 1. The van der Waals surface area contributed by atoms with Crippen LogP contribution in [0.25, 0.3) is 0 Å². The molecule has 1 amide bonds. The Labute approximate surface area is 107 Å². The maximum absolute atomic E-state index is 12.2. The molecule has 0 bridgehead atoms. The van der Waals surface area contributed by atoms with Gasteiger partial charge in [-0.15, -0.1) is 0 Å². The number of benzene rings is 1. The van der Waals surface area contributed by atoms with Gasteiger partial charge in [0, 0.05) is 29.7 Å². The van der Waals surface area contributed by atoms with Gasteiger partial charge in [0.05, 0.1) is 0 Å². The fourth-order valence-electron chi connectivity index (χ4n) is 2.15. The van der Waals surface area contributed by atoms with Crippen molar-refractivity contribution in [3.8, 4) is 0 Å². The number of likely N-dealkylation sites (tertiary alicyclic amines) is 1. The number of hydrogen-bond acceptors (Lipinski definition) is 2. The van der Waals surface area contributed by atoms with E-state index < -0.39 is 0 Å². The summed E-state index contributed by atoms with van der Waals surface area (Å²) in [7, 11) is 0. The van der Waals surface area contributed by atoms with Crippen molar-refractivity contribution in [2.24, 2.45) is 5.73 Å². The van der Waals surface area contributed by atoms with Gasteiger partial charge in [0.1, 0.15) is 0 Å². The SMILES string of the molecule is Cc1cc(C(=O)N2CCC[C@@H](N)C2)ccc1Cl. The Hall–Kier alpha value is -1.06. The van der Waals surface area contributed by atoms with Crippen molar-refractivity contribution < 1.29 is 4.79 Å². The van der Waals surface area contributed by atoms with Crippen LogP contribution in [-0.2, 0) is 0 Å². The highest BCUT2D eigenvalue weighted by Crippen LogP contribution is 2.19. The molecular formula is C13H17ClN2O. The first-order valence-corrected chi connectivity index (χ1v) is 6.26. The normalized spacial score (nSPS) is 20.4. The molecule has 2 rings (SSSR count). The predicted molar refractivity (Wildman–Crippen MR) is 69.3 cm³/mol. The molecule has 17 heavy (non-hydrogen) atoms. The first-order chi connectivity index (χ1) is 8.08.